The van der Waals surface area contributed by atoms with E-state index in [1.807, 2.05) is 60.7 Å². The number of rotatable bonds is 11. The Balaban J connectivity index is 0.872. The number of benzene rings is 3. The third-order valence-corrected chi connectivity index (χ3v) is 13.2. The summed E-state index contributed by atoms with van der Waals surface area (Å²) in [6.07, 6.45) is 9.90. The van der Waals surface area contributed by atoms with Crippen LogP contribution in [0.5, 0.6) is 0 Å². The number of thiophene rings is 2. The van der Waals surface area contributed by atoms with Crippen molar-refractivity contribution in [3.05, 3.63) is 157 Å². The number of nitrogens with one attached hydrogen (secondary N) is 4. The van der Waals surface area contributed by atoms with Gasteiger partial charge in [-0.15, -0.1) is 22.7 Å². The zero-order chi connectivity index (χ0) is 42.7. The lowest BCUT2D eigenvalue weighted by Crippen LogP contribution is -2.43. The molecule has 16 heteroatoms. The Labute approximate surface area is 363 Å². The van der Waals surface area contributed by atoms with Gasteiger partial charge in [0.1, 0.15) is 35.8 Å². The number of carbonyl (C=O) groups excluding carboxylic acids is 4. The van der Waals surface area contributed by atoms with Gasteiger partial charge >= 0.3 is 12.2 Å². The van der Waals surface area contributed by atoms with E-state index < -0.39 is 36.4 Å². The summed E-state index contributed by atoms with van der Waals surface area (Å²) >= 11 is 3.38. The van der Waals surface area contributed by atoms with Crippen LogP contribution in [0.25, 0.3) is 41.7 Å². The van der Waals surface area contributed by atoms with Gasteiger partial charge in [-0.3, -0.25) is 9.59 Å². The number of aromatic nitrogens is 4. The van der Waals surface area contributed by atoms with E-state index in [1.165, 1.54) is 14.2 Å². The van der Waals surface area contributed by atoms with Gasteiger partial charge < -0.3 is 39.9 Å². The second-order valence-electron chi connectivity index (χ2n) is 14.6. The van der Waals surface area contributed by atoms with Crippen LogP contribution in [-0.2, 0) is 19.1 Å². The molecule has 0 saturated carbocycles. The quantitative estimate of drug-likeness (QED) is 0.0937. The van der Waals surface area contributed by atoms with Crippen molar-refractivity contribution in [1.82, 2.24) is 40.4 Å². The minimum atomic E-state index is -0.922. The van der Waals surface area contributed by atoms with Gasteiger partial charge in [-0.05, 0) is 34.4 Å². The van der Waals surface area contributed by atoms with Crippen molar-refractivity contribution in [1.29, 1.82) is 0 Å². The van der Waals surface area contributed by atoms with Crippen LogP contribution in [0.3, 0.4) is 0 Å². The van der Waals surface area contributed by atoms with Crippen LogP contribution in [0.4, 0.5) is 9.59 Å². The fourth-order valence-corrected chi connectivity index (χ4v) is 10.1. The smallest absolute Gasteiger partial charge is 0.407 e. The maximum absolute atomic E-state index is 13.9. The van der Waals surface area contributed by atoms with Crippen LogP contribution in [-0.4, -0.2) is 81.0 Å². The fourth-order valence-electron chi connectivity index (χ4n) is 7.70. The number of imidazole rings is 2. The Morgan fingerprint density at radius 2 is 1.08 bits per heavy atom. The van der Waals surface area contributed by atoms with Crippen molar-refractivity contribution in [2.45, 2.75) is 24.2 Å². The molecule has 4 amide bonds. The summed E-state index contributed by atoms with van der Waals surface area (Å²) in [5.41, 5.74) is 5.01. The molecule has 0 spiro atoms. The van der Waals surface area contributed by atoms with E-state index >= 15 is 0 Å². The van der Waals surface area contributed by atoms with E-state index in [0.717, 1.165) is 41.7 Å². The highest BCUT2D eigenvalue weighted by molar-refractivity contribution is 7.31. The van der Waals surface area contributed by atoms with Gasteiger partial charge in [0.25, 0.3) is 11.8 Å². The number of methoxy groups -OCH3 is 2. The number of hydrogen-bond acceptors (Lipinski definition) is 10. The van der Waals surface area contributed by atoms with Gasteiger partial charge in [0.15, 0.2) is 0 Å². The molecule has 4 atom stereocenters. The van der Waals surface area contributed by atoms with Crippen LogP contribution in [0, 0.1) is 0 Å². The number of alkyl carbamates (subject to hydrolysis) is 2. The number of fused-ring (bicyclic) bond motifs is 1. The summed E-state index contributed by atoms with van der Waals surface area (Å²) in [6, 6.07) is 28.1. The van der Waals surface area contributed by atoms with E-state index in [4.69, 9.17) is 9.47 Å². The Morgan fingerprint density at radius 3 is 1.60 bits per heavy atom. The molecule has 0 saturated heterocycles. The van der Waals surface area contributed by atoms with E-state index in [-0.39, 0.29) is 11.8 Å². The van der Waals surface area contributed by atoms with Gasteiger partial charge in [-0.1, -0.05) is 109 Å². The monoisotopic (exact) mass is 864 g/mol. The maximum Gasteiger partial charge on any atom is 0.407 e. The molecule has 9 rings (SSSR count). The Bertz CT molecular complexity index is 2780. The summed E-state index contributed by atoms with van der Waals surface area (Å²) in [5, 5.41) is 5.38. The van der Waals surface area contributed by atoms with Crippen molar-refractivity contribution in [3.63, 3.8) is 0 Å². The first-order chi connectivity index (χ1) is 30.3. The average Bonchev–Trinajstić information content (AvgIpc) is 4.17. The van der Waals surface area contributed by atoms with Crippen LogP contribution in [0.15, 0.2) is 134 Å². The first-order valence-electron chi connectivity index (χ1n) is 19.8. The second-order valence-corrected chi connectivity index (χ2v) is 16.7. The predicted octanol–water partition coefficient (Wildman–Crippen LogP) is 8.48. The number of carbonyl (C=O) groups is 4. The highest BCUT2D eigenvalue weighted by Crippen LogP contribution is 2.42. The number of aromatic amines is 2. The molecular formula is C46H40N8O6S2. The van der Waals surface area contributed by atoms with Crippen molar-refractivity contribution >= 4 is 56.1 Å². The molecule has 4 aromatic heterocycles. The number of hydrogen-bond donors (Lipinski definition) is 4. The Kier molecular flexibility index (Phi) is 11.2. The highest BCUT2D eigenvalue weighted by Gasteiger charge is 2.36. The zero-order valence-electron chi connectivity index (χ0n) is 33.5. The van der Waals surface area contributed by atoms with Gasteiger partial charge in [-0.2, -0.15) is 0 Å². The minimum Gasteiger partial charge on any atom is -0.453 e. The van der Waals surface area contributed by atoms with E-state index in [0.29, 0.717) is 35.9 Å². The number of ether oxygens (including phenoxy) is 2. The van der Waals surface area contributed by atoms with Crippen molar-refractivity contribution in [2.75, 3.05) is 27.3 Å². The second kappa shape index (κ2) is 17.4. The van der Waals surface area contributed by atoms with Gasteiger partial charge in [0.2, 0.25) is 0 Å². The van der Waals surface area contributed by atoms with Gasteiger partial charge in [-0.25, -0.2) is 19.6 Å². The topological polar surface area (TPSA) is 175 Å². The molecule has 0 bridgehead atoms. The molecule has 6 heterocycles. The first-order valence-corrected chi connectivity index (χ1v) is 21.4. The predicted molar refractivity (Wildman–Crippen MR) is 237 cm³/mol. The summed E-state index contributed by atoms with van der Waals surface area (Å²) < 4.78 is 11.9. The summed E-state index contributed by atoms with van der Waals surface area (Å²) in [5.74, 6) is 0.698. The number of H-pyrrole nitrogens is 2. The van der Waals surface area contributed by atoms with Crippen molar-refractivity contribution in [2.24, 2.45) is 0 Å². The SMILES string of the molecule is COC(=O)NC(C(=O)N1CC=CC1c1ncc(-c2cc3sc(-c4ccc(-c5cnc([C@@H]6C=CCN6C(=O)C(NC(=O)OC)c6ccccc6)[nH]5)cc4)cc3s2)[nH]1)c1ccccc1. The molecule has 2 aliphatic rings. The largest absolute Gasteiger partial charge is 0.453 e. The molecule has 2 aliphatic heterocycles. The zero-order valence-corrected chi connectivity index (χ0v) is 35.1. The van der Waals surface area contributed by atoms with E-state index in [9.17, 15) is 19.2 Å². The van der Waals surface area contributed by atoms with Crippen LogP contribution in [0.2, 0.25) is 0 Å². The van der Waals surface area contributed by atoms with Crippen LogP contribution >= 0.6 is 22.7 Å². The third-order valence-electron chi connectivity index (χ3n) is 10.8. The molecule has 0 fully saturated rings. The summed E-state index contributed by atoms with van der Waals surface area (Å²) in [6.45, 7) is 0.748. The van der Waals surface area contributed by atoms with E-state index in [2.05, 4.69) is 67.0 Å². The maximum atomic E-state index is 13.9. The molecular weight excluding hydrogens is 825 g/mol. The average molecular weight is 865 g/mol. The normalized spacial score (nSPS) is 16.7. The number of amides is 4. The molecule has 4 N–H and O–H groups in total. The minimum absolute atomic E-state index is 0.271. The molecule has 0 radical (unpaired) electrons. The summed E-state index contributed by atoms with van der Waals surface area (Å²) in [7, 11) is 2.54. The lowest BCUT2D eigenvalue weighted by atomic mass is 10.1. The van der Waals surface area contributed by atoms with E-state index in [1.54, 1.807) is 69.1 Å². The Morgan fingerprint density at radius 1 is 0.629 bits per heavy atom. The van der Waals surface area contributed by atoms with Gasteiger partial charge in [0.05, 0.1) is 42.9 Å². The molecule has 14 nitrogen and oxygen atoms in total. The van der Waals surface area contributed by atoms with Crippen molar-refractivity contribution in [3.8, 4) is 32.3 Å². The van der Waals surface area contributed by atoms with Crippen LogP contribution < -0.4 is 10.6 Å². The molecule has 3 aromatic carbocycles. The lowest BCUT2D eigenvalue weighted by Gasteiger charge is -2.28. The highest BCUT2D eigenvalue weighted by atomic mass is 32.1. The number of nitrogens with zero attached hydrogens (tertiary/aromatic N) is 4. The fraction of sp³-hybridized carbons (Fsp3) is 0.174. The molecule has 312 valence electrons. The molecule has 3 unspecified atom stereocenters. The summed E-state index contributed by atoms with van der Waals surface area (Å²) in [4.78, 5) is 74.0. The molecule has 0 aliphatic carbocycles. The molecule has 7 aromatic rings. The first kappa shape index (κ1) is 40.1. The van der Waals surface area contributed by atoms with Crippen molar-refractivity contribution < 1.29 is 28.7 Å². The van der Waals surface area contributed by atoms with Gasteiger partial charge in [0, 0.05) is 27.4 Å². The Hall–Kier alpha value is -7.30. The standard InChI is InChI=1S/C46H40N8O6S2/c1-59-45(57)51-39(29-11-5-3-6-12-29)43(55)53-21-9-15-33(53)41-47-25-31(49-41)27-17-19-28(20-18-27)35-23-37-38(61-35)24-36(62-37)32-26-48-42(50-32)34-16-10-22-54(34)44(56)40(52-46(58)60-2)30-13-7-4-8-14-30/h3-20,23-26,33-34,39-40H,21-22H2,1-2H3,(H,47,49)(H,48,50)(H,51,57)(H,52,58)/t33-,34?,39?,40?/m0/s1. The lowest BCUT2D eigenvalue weighted by molar-refractivity contribution is -0.134. The molecule has 62 heavy (non-hydrogen) atoms. The van der Waals surface area contributed by atoms with Crippen LogP contribution in [0.1, 0.15) is 46.9 Å². The third kappa shape index (κ3) is 8.00.